The average Bonchev–Trinajstić information content (AvgIpc) is 3.17. The summed E-state index contributed by atoms with van der Waals surface area (Å²) in [5, 5.41) is 3.47. The number of esters is 4. The third-order valence-corrected chi connectivity index (χ3v) is 8.31. The molecule has 0 N–H and O–H groups in total. The summed E-state index contributed by atoms with van der Waals surface area (Å²) in [6.45, 7) is 11.6. The number of aryl methyl sites for hydroxylation is 1. The summed E-state index contributed by atoms with van der Waals surface area (Å²) in [5.74, 6) is 0.0847. The molecule has 5 aromatic carbocycles. The van der Waals surface area contributed by atoms with Gasteiger partial charge in [0, 0.05) is 11.6 Å². The molecule has 0 bridgehead atoms. The van der Waals surface area contributed by atoms with Crippen molar-refractivity contribution in [1.29, 1.82) is 0 Å². The van der Waals surface area contributed by atoms with Gasteiger partial charge in [-0.2, -0.15) is 0 Å². The molecule has 0 aliphatic heterocycles. The number of carbonyl (C=O) groups is 4. The number of hydrogen-bond donors (Lipinski definition) is 0. The number of benzene rings is 5. The summed E-state index contributed by atoms with van der Waals surface area (Å²) in [6, 6.07) is 26.5. The summed E-state index contributed by atoms with van der Waals surface area (Å²) < 4.78 is 32.9. The fourth-order valence-electron chi connectivity index (χ4n) is 5.40. The van der Waals surface area contributed by atoms with Gasteiger partial charge in [-0.25, -0.2) is 19.2 Å². The van der Waals surface area contributed by atoms with E-state index in [2.05, 4.69) is 13.2 Å². The van der Waals surface area contributed by atoms with Crippen LogP contribution in [0.25, 0.3) is 21.5 Å². The summed E-state index contributed by atoms with van der Waals surface area (Å²) in [7, 11) is 0. The Labute approximate surface area is 313 Å². The van der Waals surface area contributed by atoms with Gasteiger partial charge in [-0.05, 0) is 133 Å². The van der Waals surface area contributed by atoms with Crippen molar-refractivity contribution >= 4 is 45.4 Å². The van der Waals surface area contributed by atoms with Crippen LogP contribution >= 0.6 is 0 Å². The van der Waals surface area contributed by atoms with Gasteiger partial charge < -0.3 is 28.4 Å². The van der Waals surface area contributed by atoms with Crippen LogP contribution in [0, 0.1) is 6.92 Å². The van der Waals surface area contributed by atoms with Crippen LogP contribution < -0.4 is 18.9 Å². The van der Waals surface area contributed by atoms with Crippen LogP contribution in [0.5, 0.6) is 23.0 Å². The molecular formula is C44H42O10. The molecule has 0 atom stereocenters. The first-order valence-electron chi connectivity index (χ1n) is 17.6. The van der Waals surface area contributed by atoms with E-state index in [1.54, 1.807) is 68.4 Å². The summed E-state index contributed by atoms with van der Waals surface area (Å²) in [6.07, 6.45) is 4.67. The first-order chi connectivity index (χ1) is 26.1. The SMILES string of the molecule is C=CC(=O)OCCOc1ccc2cc(C(=O)Oc3ccc(OC(=O)c4ccc5cc(OCCCCCCOC(=O)C(=C)C)ccc5c4)cc3C)ccc2c1. The molecule has 0 saturated heterocycles. The lowest BCUT2D eigenvalue weighted by Crippen LogP contribution is -2.11. The lowest BCUT2D eigenvalue weighted by Gasteiger charge is -2.11. The number of rotatable bonds is 18. The Hall–Kier alpha value is -6.42. The topological polar surface area (TPSA) is 124 Å². The number of hydrogen-bond acceptors (Lipinski definition) is 10. The van der Waals surface area contributed by atoms with Crippen LogP contribution in [0.15, 0.2) is 116 Å². The van der Waals surface area contributed by atoms with Gasteiger partial charge in [0.1, 0.15) is 36.2 Å². The minimum atomic E-state index is -0.533. The Morgan fingerprint density at radius 2 is 1.11 bits per heavy atom. The maximum absolute atomic E-state index is 13.1. The molecule has 0 spiro atoms. The van der Waals surface area contributed by atoms with E-state index in [1.807, 2.05) is 36.4 Å². The van der Waals surface area contributed by atoms with Crippen molar-refractivity contribution in [1.82, 2.24) is 0 Å². The molecule has 278 valence electrons. The fourth-order valence-corrected chi connectivity index (χ4v) is 5.40. The highest BCUT2D eigenvalue weighted by Gasteiger charge is 2.15. The predicted octanol–water partition coefficient (Wildman–Crippen LogP) is 8.91. The van der Waals surface area contributed by atoms with Gasteiger partial charge in [0.2, 0.25) is 0 Å². The van der Waals surface area contributed by atoms with E-state index in [0.29, 0.717) is 52.7 Å². The van der Waals surface area contributed by atoms with Gasteiger partial charge in [0.15, 0.2) is 0 Å². The Balaban J connectivity index is 1.09. The van der Waals surface area contributed by atoms with Crippen LogP contribution in [0.2, 0.25) is 0 Å². The van der Waals surface area contributed by atoms with Gasteiger partial charge in [0.05, 0.1) is 24.3 Å². The Kier molecular flexibility index (Phi) is 13.6. The quantitative estimate of drug-likeness (QED) is 0.0374. The molecule has 10 nitrogen and oxygen atoms in total. The molecule has 0 fully saturated rings. The average molecular weight is 731 g/mol. The van der Waals surface area contributed by atoms with Crippen molar-refractivity contribution in [2.75, 3.05) is 26.4 Å². The number of ether oxygens (including phenoxy) is 6. The highest BCUT2D eigenvalue weighted by molar-refractivity contribution is 5.98. The van der Waals surface area contributed by atoms with Crippen molar-refractivity contribution < 1.29 is 47.6 Å². The van der Waals surface area contributed by atoms with E-state index >= 15 is 0 Å². The lowest BCUT2D eigenvalue weighted by molar-refractivity contribution is -0.139. The summed E-state index contributed by atoms with van der Waals surface area (Å²) in [5.41, 5.74) is 1.78. The van der Waals surface area contributed by atoms with Crippen molar-refractivity contribution in [3.63, 3.8) is 0 Å². The first-order valence-corrected chi connectivity index (χ1v) is 17.6. The van der Waals surface area contributed by atoms with E-state index < -0.39 is 17.9 Å². The summed E-state index contributed by atoms with van der Waals surface area (Å²) in [4.78, 5) is 48.7. The van der Waals surface area contributed by atoms with Crippen molar-refractivity contribution in [2.45, 2.75) is 39.5 Å². The van der Waals surface area contributed by atoms with Crippen molar-refractivity contribution in [3.05, 3.63) is 132 Å². The van der Waals surface area contributed by atoms with E-state index in [4.69, 9.17) is 28.4 Å². The van der Waals surface area contributed by atoms with E-state index in [1.165, 1.54) is 0 Å². The van der Waals surface area contributed by atoms with Crippen LogP contribution in [0.4, 0.5) is 0 Å². The molecule has 0 aliphatic rings. The smallest absolute Gasteiger partial charge is 0.343 e. The zero-order valence-electron chi connectivity index (χ0n) is 30.4. The monoisotopic (exact) mass is 730 g/mol. The molecule has 0 amide bonds. The predicted molar refractivity (Wildman–Crippen MR) is 205 cm³/mol. The van der Waals surface area contributed by atoms with Crippen LogP contribution in [-0.4, -0.2) is 50.3 Å². The Bertz CT molecular complexity index is 2180. The van der Waals surface area contributed by atoms with Gasteiger partial charge >= 0.3 is 23.9 Å². The Morgan fingerprint density at radius 1 is 0.574 bits per heavy atom. The largest absolute Gasteiger partial charge is 0.494 e. The zero-order valence-corrected chi connectivity index (χ0v) is 30.4. The van der Waals surface area contributed by atoms with Gasteiger partial charge in [-0.15, -0.1) is 0 Å². The minimum Gasteiger partial charge on any atom is -0.494 e. The molecular weight excluding hydrogens is 688 g/mol. The Morgan fingerprint density at radius 3 is 1.70 bits per heavy atom. The van der Waals surface area contributed by atoms with E-state index in [9.17, 15) is 19.2 Å². The molecule has 0 radical (unpaired) electrons. The maximum Gasteiger partial charge on any atom is 0.343 e. The first kappa shape index (κ1) is 38.8. The molecule has 5 aromatic rings. The standard InChI is InChI=1S/C44H42O10/c1-5-41(45)51-23-22-50-38-17-15-32-26-36(13-11-34(32)28-38)44(48)54-40-19-18-39(24-30(40)4)53-43(47)35-12-10-33-27-37(16-14-31(33)25-35)49-20-8-6-7-9-21-52-42(46)29(2)3/h5,10-19,24-28H,1-2,6-9,20-23H2,3-4H3. The molecule has 0 heterocycles. The lowest BCUT2D eigenvalue weighted by atomic mass is 10.1. The van der Waals surface area contributed by atoms with Crippen LogP contribution in [0.1, 0.15) is 58.9 Å². The number of fused-ring (bicyclic) bond motifs is 2. The van der Waals surface area contributed by atoms with Crippen LogP contribution in [0.3, 0.4) is 0 Å². The molecule has 0 unspecified atom stereocenters. The molecule has 54 heavy (non-hydrogen) atoms. The fraction of sp³-hybridized carbons (Fsp3) is 0.227. The zero-order chi connectivity index (χ0) is 38.5. The molecule has 0 aliphatic carbocycles. The molecule has 10 heteroatoms. The van der Waals surface area contributed by atoms with Crippen molar-refractivity contribution in [3.8, 4) is 23.0 Å². The third kappa shape index (κ3) is 11.0. The highest BCUT2D eigenvalue weighted by atomic mass is 16.6. The minimum absolute atomic E-state index is 0.100. The van der Waals surface area contributed by atoms with Gasteiger partial charge in [-0.3, -0.25) is 0 Å². The molecule has 0 aromatic heterocycles. The molecule has 5 rings (SSSR count). The number of carbonyl (C=O) groups excluding carboxylic acids is 4. The third-order valence-electron chi connectivity index (χ3n) is 8.31. The van der Waals surface area contributed by atoms with Gasteiger partial charge in [-0.1, -0.05) is 37.4 Å². The second-order valence-electron chi connectivity index (χ2n) is 12.6. The van der Waals surface area contributed by atoms with Gasteiger partial charge in [0.25, 0.3) is 0 Å². The van der Waals surface area contributed by atoms with Crippen molar-refractivity contribution in [2.24, 2.45) is 0 Å². The highest BCUT2D eigenvalue weighted by Crippen LogP contribution is 2.28. The van der Waals surface area contributed by atoms with E-state index in [-0.39, 0.29) is 19.2 Å². The maximum atomic E-state index is 13.1. The summed E-state index contributed by atoms with van der Waals surface area (Å²) >= 11 is 0. The normalized spacial score (nSPS) is 10.7. The van der Waals surface area contributed by atoms with E-state index in [0.717, 1.165) is 59.1 Å². The van der Waals surface area contributed by atoms with Crippen LogP contribution in [-0.2, 0) is 19.1 Å². The molecule has 0 saturated carbocycles. The number of unbranched alkanes of at least 4 members (excludes halogenated alkanes) is 3. The second-order valence-corrected chi connectivity index (χ2v) is 12.6. The second kappa shape index (κ2) is 18.9.